The van der Waals surface area contributed by atoms with Crippen molar-refractivity contribution in [2.45, 2.75) is 19.8 Å². The lowest BCUT2D eigenvalue weighted by molar-refractivity contribution is -0.583. The summed E-state index contributed by atoms with van der Waals surface area (Å²) in [5, 5.41) is 35.1. The number of benzene rings is 1. The van der Waals surface area contributed by atoms with Crippen LogP contribution in [0.25, 0.3) is 28.1 Å². The van der Waals surface area contributed by atoms with Crippen molar-refractivity contribution in [3.8, 4) is 17.7 Å². The van der Waals surface area contributed by atoms with E-state index in [1.165, 1.54) is 19.3 Å². The molecule has 0 aliphatic carbocycles. The Morgan fingerprint density at radius 2 is 2.26 bits per heavy atom. The van der Waals surface area contributed by atoms with Crippen LogP contribution in [0.4, 0.5) is 4.39 Å². The summed E-state index contributed by atoms with van der Waals surface area (Å²) in [6.07, 6.45) is 1.44. The third-order valence-electron chi connectivity index (χ3n) is 4.45. The average Bonchev–Trinajstić information content (AvgIpc) is 3.32. The number of imidazole rings is 1. The zero-order valence-electron chi connectivity index (χ0n) is 14.3. The molecule has 0 spiro atoms. The van der Waals surface area contributed by atoms with Crippen molar-refractivity contribution in [1.82, 2.24) is 19.5 Å². The van der Waals surface area contributed by atoms with Gasteiger partial charge in [-0.2, -0.15) is 15.0 Å². The number of aliphatic hydroxyl groups excluding tert-OH is 1. The molecule has 0 saturated carbocycles. The summed E-state index contributed by atoms with van der Waals surface area (Å²) in [6, 6.07) is 4.27. The highest BCUT2D eigenvalue weighted by Crippen LogP contribution is 2.28. The van der Waals surface area contributed by atoms with Crippen molar-refractivity contribution < 1.29 is 18.8 Å². The maximum absolute atomic E-state index is 14.0. The van der Waals surface area contributed by atoms with Crippen LogP contribution in [0.2, 0.25) is 0 Å². The van der Waals surface area contributed by atoms with Gasteiger partial charge in [0.1, 0.15) is 29.2 Å². The number of rotatable bonds is 3. The Labute approximate surface area is 151 Å². The van der Waals surface area contributed by atoms with Crippen LogP contribution >= 0.6 is 0 Å². The fourth-order valence-corrected chi connectivity index (χ4v) is 2.97. The lowest BCUT2D eigenvalue weighted by atomic mass is 10.1. The number of nitriles is 1. The summed E-state index contributed by atoms with van der Waals surface area (Å²) in [6.45, 7) is 3.13. The number of aliphatic hydroxyl groups is 1. The van der Waals surface area contributed by atoms with E-state index in [0.717, 1.165) is 6.07 Å². The van der Waals surface area contributed by atoms with Gasteiger partial charge in [-0.1, -0.05) is 12.1 Å². The molecule has 10 heteroatoms. The topological polar surface area (TPSA) is 127 Å². The third kappa shape index (κ3) is 2.32. The quantitative estimate of drug-likeness (QED) is 0.429. The van der Waals surface area contributed by atoms with E-state index in [0.29, 0.717) is 21.6 Å². The van der Waals surface area contributed by atoms with Gasteiger partial charge in [0.2, 0.25) is 5.69 Å². The number of fused-ring (bicyclic) bond motifs is 3. The van der Waals surface area contributed by atoms with E-state index < -0.39 is 5.82 Å². The maximum Gasteiger partial charge on any atom is 0.279 e. The summed E-state index contributed by atoms with van der Waals surface area (Å²) >= 11 is 0. The molecule has 27 heavy (non-hydrogen) atoms. The minimum Gasteiger partial charge on any atom is -0.618 e. The van der Waals surface area contributed by atoms with Gasteiger partial charge in [0, 0.05) is 12.8 Å². The molecule has 3 aromatic heterocycles. The molecular weight excluding hydrogens is 355 g/mol. The van der Waals surface area contributed by atoms with E-state index in [9.17, 15) is 20.0 Å². The molecule has 0 fully saturated rings. The molecule has 4 aromatic rings. The second-order valence-corrected chi connectivity index (χ2v) is 6.13. The molecule has 0 aliphatic heterocycles. The standard InChI is InChI=1S/C17H13FN6O3/c1-8(6-25)16-21-17(27-22-16)13-14-9(2)24(26)15-10(5-19)11(18)3-4-12(15)23(14)7-20-13/h3-4,7-8,25H,6H2,1-2H3. The Balaban J connectivity index is 2.04. The highest BCUT2D eigenvalue weighted by molar-refractivity contribution is 5.85. The first-order valence-corrected chi connectivity index (χ1v) is 8.04. The fraction of sp³-hybridized carbons (Fsp3) is 0.235. The van der Waals surface area contributed by atoms with Gasteiger partial charge in [0.05, 0.1) is 6.61 Å². The molecule has 0 radical (unpaired) electrons. The van der Waals surface area contributed by atoms with E-state index in [1.807, 2.05) is 0 Å². The zero-order chi connectivity index (χ0) is 19.3. The van der Waals surface area contributed by atoms with E-state index in [1.54, 1.807) is 17.4 Å². The molecule has 1 aromatic carbocycles. The van der Waals surface area contributed by atoms with Crippen LogP contribution in [-0.4, -0.2) is 31.2 Å². The smallest absolute Gasteiger partial charge is 0.279 e. The van der Waals surface area contributed by atoms with Crippen molar-refractivity contribution in [2.24, 2.45) is 0 Å². The monoisotopic (exact) mass is 368 g/mol. The van der Waals surface area contributed by atoms with E-state index in [-0.39, 0.29) is 40.9 Å². The predicted molar refractivity (Wildman–Crippen MR) is 89.9 cm³/mol. The minimum atomic E-state index is -0.770. The normalized spacial score (nSPS) is 12.6. The number of aromatic nitrogens is 5. The maximum atomic E-state index is 14.0. The first-order chi connectivity index (χ1) is 13.0. The zero-order valence-corrected chi connectivity index (χ0v) is 14.3. The molecule has 0 amide bonds. The SMILES string of the molecule is Cc1c2c(-c3nc(C(C)CO)no3)ncn2c2ccc(F)c(C#N)c2[n+]1[O-]. The lowest BCUT2D eigenvalue weighted by Gasteiger charge is -2.09. The number of aryl methyl sites for hydroxylation is 1. The van der Waals surface area contributed by atoms with Crippen LogP contribution in [0.1, 0.15) is 29.9 Å². The Hall–Kier alpha value is -3.58. The number of halogens is 1. The summed E-state index contributed by atoms with van der Waals surface area (Å²) in [5.41, 5.74) is 0.801. The Morgan fingerprint density at radius 3 is 2.96 bits per heavy atom. The minimum absolute atomic E-state index is 0.0772. The van der Waals surface area contributed by atoms with Crippen molar-refractivity contribution in [3.05, 3.63) is 46.6 Å². The fourth-order valence-electron chi connectivity index (χ4n) is 2.97. The van der Waals surface area contributed by atoms with Gasteiger partial charge in [0.15, 0.2) is 17.1 Å². The molecule has 9 nitrogen and oxygen atoms in total. The molecule has 4 rings (SSSR count). The van der Waals surface area contributed by atoms with Gasteiger partial charge in [-0.05, 0) is 12.1 Å². The first-order valence-electron chi connectivity index (χ1n) is 8.04. The Kier molecular flexibility index (Phi) is 3.75. The molecule has 1 N–H and O–H groups in total. The van der Waals surface area contributed by atoms with E-state index >= 15 is 0 Å². The molecule has 136 valence electrons. The van der Waals surface area contributed by atoms with Gasteiger partial charge >= 0.3 is 0 Å². The predicted octanol–water partition coefficient (Wildman–Crippen LogP) is 1.59. The highest BCUT2D eigenvalue weighted by Gasteiger charge is 2.26. The molecule has 1 atom stereocenters. The van der Waals surface area contributed by atoms with Crippen LogP contribution < -0.4 is 4.73 Å². The second kappa shape index (κ2) is 6.00. The van der Waals surface area contributed by atoms with E-state index in [4.69, 9.17) is 4.52 Å². The summed E-state index contributed by atoms with van der Waals surface area (Å²) in [5.74, 6) is -0.675. The molecule has 0 bridgehead atoms. The van der Waals surface area contributed by atoms with Crippen molar-refractivity contribution in [3.63, 3.8) is 0 Å². The Morgan fingerprint density at radius 1 is 1.48 bits per heavy atom. The number of hydrogen-bond acceptors (Lipinski definition) is 7. The van der Waals surface area contributed by atoms with Gasteiger partial charge in [-0.3, -0.25) is 4.40 Å². The summed E-state index contributed by atoms with van der Waals surface area (Å²) in [7, 11) is 0. The molecule has 0 saturated heterocycles. The van der Waals surface area contributed by atoms with Crippen LogP contribution in [0.5, 0.6) is 0 Å². The van der Waals surface area contributed by atoms with Gasteiger partial charge in [-0.25, -0.2) is 9.37 Å². The lowest BCUT2D eigenvalue weighted by Crippen LogP contribution is -2.33. The van der Waals surface area contributed by atoms with Gasteiger partial charge < -0.3 is 14.8 Å². The molecular formula is C17H13FN6O3. The van der Waals surface area contributed by atoms with Crippen molar-refractivity contribution >= 4 is 16.6 Å². The molecule has 1 unspecified atom stereocenters. The van der Waals surface area contributed by atoms with Crippen LogP contribution in [0, 0.1) is 29.3 Å². The van der Waals surface area contributed by atoms with Crippen molar-refractivity contribution in [2.75, 3.05) is 6.61 Å². The summed E-state index contributed by atoms with van der Waals surface area (Å²) in [4.78, 5) is 8.50. The van der Waals surface area contributed by atoms with Gasteiger partial charge in [-0.15, -0.1) is 0 Å². The van der Waals surface area contributed by atoms with E-state index in [2.05, 4.69) is 15.1 Å². The average molecular weight is 368 g/mol. The van der Waals surface area contributed by atoms with Gasteiger partial charge in [0.25, 0.3) is 11.4 Å². The van der Waals surface area contributed by atoms with Crippen LogP contribution in [-0.2, 0) is 0 Å². The van der Waals surface area contributed by atoms with Crippen molar-refractivity contribution in [1.29, 1.82) is 5.26 Å². The molecule has 0 aliphatic rings. The number of nitrogens with zero attached hydrogens (tertiary/aromatic N) is 6. The first kappa shape index (κ1) is 16.9. The number of hydrogen-bond donors (Lipinski definition) is 1. The molecule has 3 heterocycles. The Bertz CT molecular complexity index is 1240. The van der Waals surface area contributed by atoms with Crippen LogP contribution in [0.15, 0.2) is 23.0 Å². The largest absolute Gasteiger partial charge is 0.618 e. The highest BCUT2D eigenvalue weighted by atomic mass is 19.1. The second-order valence-electron chi connectivity index (χ2n) is 6.13. The van der Waals surface area contributed by atoms with Crippen LogP contribution in [0.3, 0.4) is 0 Å². The summed E-state index contributed by atoms with van der Waals surface area (Å²) < 4.78 is 21.3. The third-order valence-corrected chi connectivity index (χ3v) is 4.45.